The van der Waals surface area contributed by atoms with Crippen LogP contribution in [0.15, 0.2) is 0 Å². The fourth-order valence-corrected chi connectivity index (χ4v) is 3.44. The standard InChI is InChI=1S/2C6HCl5O.C2H4O2.Na.H/c2*7-1-2(8)4(10)6(12)5(11)3(1)9;1-2(3)4;;/h2*12H;1H3,(H,3,4);;. The number of hydrogen-bond acceptors (Lipinski definition) is 3. The topological polar surface area (TPSA) is 77.8 Å². The molecular formula is C14H7Cl10NaO4. The Labute approximate surface area is 237 Å². The maximum absolute atomic E-state index is 9.20. The van der Waals surface area contributed by atoms with E-state index in [1.807, 2.05) is 0 Å². The van der Waals surface area contributed by atoms with Gasteiger partial charge in [0, 0.05) is 6.92 Å². The van der Waals surface area contributed by atoms with Gasteiger partial charge in [-0.05, 0) is 0 Å². The number of halogens is 10. The second kappa shape index (κ2) is 14.5. The molecule has 0 heterocycles. The summed E-state index contributed by atoms with van der Waals surface area (Å²) in [6, 6.07) is 0. The summed E-state index contributed by atoms with van der Waals surface area (Å²) < 4.78 is 0. The van der Waals surface area contributed by atoms with Crippen LogP contribution in [0.2, 0.25) is 50.2 Å². The number of phenolic OH excluding ortho intramolecular Hbond substituents is 2. The molecule has 0 spiro atoms. The quantitative estimate of drug-likeness (QED) is 0.157. The third kappa shape index (κ3) is 9.05. The van der Waals surface area contributed by atoms with Crippen LogP contribution in [0.5, 0.6) is 11.5 Å². The first-order chi connectivity index (χ1) is 12.7. The summed E-state index contributed by atoms with van der Waals surface area (Å²) in [6.45, 7) is 1.08. The molecule has 0 radical (unpaired) electrons. The SMILES string of the molecule is CC(=O)O.Oc1c(Cl)c(Cl)c(Cl)c(Cl)c1Cl.Oc1c(Cl)c(Cl)c(Cl)c(Cl)c1Cl.[NaH]. The van der Waals surface area contributed by atoms with E-state index < -0.39 is 5.97 Å². The number of aliphatic carboxylic acids is 1. The molecule has 0 aliphatic heterocycles. The second-order valence-corrected chi connectivity index (χ2v) is 8.14. The molecule has 0 aliphatic rings. The summed E-state index contributed by atoms with van der Waals surface area (Å²) in [5, 5.41) is 25.4. The summed E-state index contributed by atoms with van der Waals surface area (Å²) in [6.07, 6.45) is 0. The molecule has 158 valence electrons. The van der Waals surface area contributed by atoms with E-state index in [-0.39, 0.29) is 91.3 Å². The summed E-state index contributed by atoms with van der Waals surface area (Å²) in [7, 11) is 0. The molecule has 4 nitrogen and oxygen atoms in total. The number of rotatable bonds is 0. The van der Waals surface area contributed by atoms with Crippen LogP contribution in [0.3, 0.4) is 0 Å². The Morgan fingerprint density at radius 1 is 0.517 bits per heavy atom. The molecule has 0 amide bonds. The van der Waals surface area contributed by atoms with E-state index in [9.17, 15) is 10.2 Å². The molecule has 0 aromatic heterocycles. The summed E-state index contributed by atoms with van der Waals surface area (Å²) >= 11 is 55.8. The van der Waals surface area contributed by atoms with Crippen molar-refractivity contribution in [2.24, 2.45) is 0 Å². The van der Waals surface area contributed by atoms with E-state index in [4.69, 9.17) is 126 Å². The van der Waals surface area contributed by atoms with E-state index in [1.54, 1.807) is 0 Å². The molecule has 0 fully saturated rings. The molecule has 0 unspecified atom stereocenters. The van der Waals surface area contributed by atoms with Gasteiger partial charge in [0.05, 0.1) is 30.1 Å². The molecule has 3 N–H and O–H groups in total. The molecule has 2 aromatic rings. The molecule has 0 saturated carbocycles. The van der Waals surface area contributed by atoms with Crippen LogP contribution >= 0.6 is 116 Å². The minimum atomic E-state index is -0.833. The molecule has 2 aromatic carbocycles. The molecular weight excluding hydrogens is 610 g/mol. The zero-order chi connectivity index (χ0) is 22.5. The fourth-order valence-electron chi connectivity index (χ4n) is 1.19. The van der Waals surface area contributed by atoms with Crippen molar-refractivity contribution in [1.82, 2.24) is 0 Å². The van der Waals surface area contributed by atoms with Crippen LogP contribution < -0.4 is 0 Å². The number of phenols is 2. The van der Waals surface area contributed by atoms with Gasteiger partial charge in [-0.25, -0.2) is 0 Å². The first-order valence-corrected chi connectivity index (χ1v) is 10.0. The first kappa shape index (κ1) is 32.6. The van der Waals surface area contributed by atoms with E-state index in [0.29, 0.717) is 0 Å². The van der Waals surface area contributed by atoms with Gasteiger partial charge in [0.25, 0.3) is 5.97 Å². The zero-order valence-electron chi connectivity index (χ0n) is 13.0. The van der Waals surface area contributed by atoms with Gasteiger partial charge in [-0.3, -0.25) is 4.79 Å². The summed E-state index contributed by atoms with van der Waals surface area (Å²) in [4.78, 5) is 9.00. The predicted molar refractivity (Wildman–Crippen MR) is 127 cm³/mol. The van der Waals surface area contributed by atoms with Crippen molar-refractivity contribution in [3.8, 4) is 11.5 Å². The van der Waals surface area contributed by atoms with Gasteiger partial charge in [-0.2, -0.15) is 0 Å². The molecule has 0 bridgehead atoms. The Balaban J connectivity index is 0. The van der Waals surface area contributed by atoms with Crippen molar-refractivity contribution in [1.29, 1.82) is 0 Å². The summed E-state index contributed by atoms with van der Waals surface area (Å²) in [5.41, 5.74) is 0. The maximum atomic E-state index is 9.20. The molecule has 0 atom stereocenters. The Hall–Kier alpha value is 1.41. The number of hydrogen-bond donors (Lipinski definition) is 3. The van der Waals surface area contributed by atoms with E-state index >= 15 is 0 Å². The Kier molecular flexibility index (Phi) is 16.3. The molecule has 0 aliphatic carbocycles. The van der Waals surface area contributed by atoms with Crippen molar-refractivity contribution in [3.05, 3.63) is 50.2 Å². The number of aromatic hydroxyl groups is 2. The number of benzene rings is 2. The number of carboxylic acid groups (broad SMARTS) is 1. The van der Waals surface area contributed by atoms with Gasteiger partial charge in [-0.15, -0.1) is 0 Å². The third-order valence-electron chi connectivity index (χ3n) is 2.37. The normalized spacial score (nSPS) is 9.48. The van der Waals surface area contributed by atoms with Gasteiger partial charge in [0.1, 0.15) is 20.1 Å². The van der Waals surface area contributed by atoms with Crippen LogP contribution in [0.1, 0.15) is 6.92 Å². The molecule has 15 heteroatoms. The van der Waals surface area contributed by atoms with Crippen molar-refractivity contribution < 1.29 is 20.1 Å². The number of carboxylic acids is 1. The van der Waals surface area contributed by atoms with Gasteiger partial charge in [0.15, 0.2) is 11.5 Å². The Morgan fingerprint density at radius 3 is 0.759 bits per heavy atom. The predicted octanol–water partition coefficient (Wildman–Crippen LogP) is 8.76. The van der Waals surface area contributed by atoms with Gasteiger partial charge >= 0.3 is 29.6 Å². The van der Waals surface area contributed by atoms with Crippen LogP contribution in [0.4, 0.5) is 0 Å². The average Bonchev–Trinajstić information content (AvgIpc) is 2.64. The van der Waals surface area contributed by atoms with Gasteiger partial charge < -0.3 is 15.3 Å². The van der Waals surface area contributed by atoms with Gasteiger partial charge in [0.2, 0.25) is 0 Å². The second-order valence-electron chi connectivity index (χ2n) is 4.36. The average molecular weight is 617 g/mol. The van der Waals surface area contributed by atoms with Crippen LogP contribution in [0.25, 0.3) is 0 Å². The van der Waals surface area contributed by atoms with Crippen molar-refractivity contribution in [3.63, 3.8) is 0 Å². The Morgan fingerprint density at radius 2 is 0.621 bits per heavy atom. The number of carbonyl (C=O) groups is 1. The van der Waals surface area contributed by atoms with Crippen LogP contribution in [0, 0.1) is 0 Å². The monoisotopic (exact) mass is 612 g/mol. The van der Waals surface area contributed by atoms with Crippen molar-refractivity contribution in [2.75, 3.05) is 0 Å². The Bertz CT molecular complexity index is 625. The van der Waals surface area contributed by atoms with E-state index in [0.717, 1.165) is 6.92 Å². The molecule has 2 rings (SSSR count). The van der Waals surface area contributed by atoms with Crippen LogP contribution in [-0.4, -0.2) is 50.8 Å². The molecule has 29 heavy (non-hydrogen) atoms. The summed E-state index contributed by atoms with van der Waals surface area (Å²) in [5.74, 6) is -1.56. The fraction of sp³-hybridized carbons (Fsp3) is 0.0714. The zero-order valence-corrected chi connectivity index (χ0v) is 20.6. The molecule has 0 saturated heterocycles. The van der Waals surface area contributed by atoms with Gasteiger partial charge in [-0.1, -0.05) is 116 Å². The third-order valence-corrected chi connectivity index (χ3v) is 6.89. The first-order valence-electron chi connectivity index (χ1n) is 6.26. The minimum absolute atomic E-state index is 0. The van der Waals surface area contributed by atoms with E-state index in [1.165, 1.54) is 0 Å². The van der Waals surface area contributed by atoms with E-state index in [2.05, 4.69) is 0 Å². The van der Waals surface area contributed by atoms with Crippen LogP contribution in [-0.2, 0) is 4.79 Å². The van der Waals surface area contributed by atoms with Crippen molar-refractivity contribution >= 4 is 152 Å². The van der Waals surface area contributed by atoms with Crippen molar-refractivity contribution in [2.45, 2.75) is 6.92 Å².